The number of rotatable bonds is 8. The molecule has 0 radical (unpaired) electrons. The number of nitrogens with one attached hydrogen (secondary N) is 2. The smallest absolute Gasteiger partial charge is 0.265 e. The molecule has 1 aliphatic heterocycles. The second-order valence-corrected chi connectivity index (χ2v) is 8.46. The number of benzene rings is 1. The maximum Gasteiger partial charge on any atom is 0.265 e. The van der Waals surface area contributed by atoms with Gasteiger partial charge in [0.25, 0.3) is 11.8 Å². The Morgan fingerprint density at radius 1 is 1.13 bits per heavy atom. The number of carbonyl (C=O) groups excluding carboxylic acids is 3. The lowest BCUT2D eigenvalue weighted by Gasteiger charge is -2.26. The van der Waals surface area contributed by atoms with E-state index in [4.69, 9.17) is 0 Å². The Morgan fingerprint density at radius 2 is 1.93 bits per heavy atom. The van der Waals surface area contributed by atoms with E-state index in [9.17, 15) is 14.4 Å². The number of nitrogens with zero attached hydrogens (tertiary/aromatic N) is 2. The van der Waals surface area contributed by atoms with E-state index in [0.717, 1.165) is 32.4 Å². The van der Waals surface area contributed by atoms with Crippen LogP contribution in [0.1, 0.15) is 39.3 Å². The molecule has 2 N–H and O–H groups in total. The summed E-state index contributed by atoms with van der Waals surface area (Å²) >= 11 is 1.35. The summed E-state index contributed by atoms with van der Waals surface area (Å²) in [5.74, 6) is -0.303. The van der Waals surface area contributed by atoms with E-state index in [2.05, 4.69) is 15.5 Å². The number of likely N-dealkylation sites (tertiary alicyclic amines) is 1. The van der Waals surface area contributed by atoms with Crippen molar-refractivity contribution in [2.75, 3.05) is 39.0 Å². The molecule has 0 spiro atoms. The molecular formula is C22H28N4O3S. The standard InChI is InChI=1S/C22H28N4O3S/c1-25(2)22(29)18-10-5-13-26(18)14-7-12-23-20(27)16-8-3-4-9-17(16)24-21(28)19-11-6-15-30-19/h3-4,6,8-9,11,15,18H,5,7,10,12-14H2,1-2H3,(H,23,27)(H,24,28). The summed E-state index contributed by atoms with van der Waals surface area (Å²) < 4.78 is 0. The average Bonchev–Trinajstić information content (AvgIpc) is 3.43. The fourth-order valence-corrected chi connectivity index (χ4v) is 4.25. The van der Waals surface area contributed by atoms with Crippen molar-refractivity contribution in [1.29, 1.82) is 0 Å². The van der Waals surface area contributed by atoms with Gasteiger partial charge in [-0.15, -0.1) is 11.3 Å². The van der Waals surface area contributed by atoms with Gasteiger partial charge in [-0.25, -0.2) is 0 Å². The van der Waals surface area contributed by atoms with Gasteiger partial charge in [-0.3, -0.25) is 19.3 Å². The number of amides is 3. The summed E-state index contributed by atoms with van der Waals surface area (Å²) in [4.78, 5) is 41.7. The predicted molar refractivity (Wildman–Crippen MR) is 119 cm³/mol. The van der Waals surface area contributed by atoms with Crippen LogP contribution in [0.25, 0.3) is 0 Å². The second kappa shape index (κ2) is 10.4. The molecule has 1 unspecified atom stereocenters. The molecule has 1 fully saturated rings. The zero-order valence-electron chi connectivity index (χ0n) is 17.4. The fraction of sp³-hybridized carbons (Fsp3) is 0.409. The maximum absolute atomic E-state index is 12.7. The van der Waals surface area contributed by atoms with Crippen molar-refractivity contribution in [3.8, 4) is 0 Å². The van der Waals surface area contributed by atoms with Gasteiger partial charge in [-0.05, 0) is 49.4 Å². The molecule has 160 valence electrons. The average molecular weight is 429 g/mol. The van der Waals surface area contributed by atoms with Crippen LogP contribution in [0.3, 0.4) is 0 Å². The van der Waals surface area contributed by atoms with E-state index in [-0.39, 0.29) is 23.8 Å². The second-order valence-electron chi connectivity index (χ2n) is 7.51. The van der Waals surface area contributed by atoms with Crippen LogP contribution in [0.5, 0.6) is 0 Å². The van der Waals surface area contributed by atoms with Gasteiger partial charge in [0, 0.05) is 27.2 Å². The van der Waals surface area contributed by atoms with Crippen LogP contribution in [-0.4, -0.2) is 67.3 Å². The quantitative estimate of drug-likeness (QED) is 0.634. The molecule has 1 atom stereocenters. The number of hydrogen-bond donors (Lipinski definition) is 2. The van der Waals surface area contributed by atoms with Crippen molar-refractivity contribution < 1.29 is 14.4 Å². The Labute approximate surface area is 181 Å². The molecule has 0 bridgehead atoms. The number of hydrogen-bond acceptors (Lipinski definition) is 5. The van der Waals surface area contributed by atoms with Crippen LogP contribution in [-0.2, 0) is 4.79 Å². The highest BCUT2D eigenvalue weighted by atomic mass is 32.1. The summed E-state index contributed by atoms with van der Waals surface area (Å²) in [6.07, 6.45) is 2.67. The van der Waals surface area contributed by atoms with Crippen LogP contribution in [0.2, 0.25) is 0 Å². The Balaban J connectivity index is 1.51. The maximum atomic E-state index is 12.7. The zero-order valence-corrected chi connectivity index (χ0v) is 18.2. The minimum absolute atomic E-state index is 0.0520. The molecule has 0 saturated carbocycles. The lowest BCUT2D eigenvalue weighted by molar-refractivity contribution is -0.133. The first-order valence-corrected chi connectivity index (χ1v) is 11.0. The van der Waals surface area contributed by atoms with E-state index in [1.54, 1.807) is 49.3 Å². The largest absolute Gasteiger partial charge is 0.352 e. The number of anilines is 1. The van der Waals surface area contributed by atoms with Gasteiger partial charge >= 0.3 is 0 Å². The Bertz CT molecular complexity index is 882. The minimum atomic E-state index is -0.226. The highest BCUT2D eigenvalue weighted by Gasteiger charge is 2.31. The first-order chi connectivity index (χ1) is 14.5. The van der Waals surface area contributed by atoms with Gasteiger partial charge in [0.2, 0.25) is 5.91 Å². The van der Waals surface area contributed by atoms with Crippen LogP contribution in [0.4, 0.5) is 5.69 Å². The van der Waals surface area contributed by atoms with Crippen LogP contribution in [0.15, 0.2) is 41.8 Å². The van der Waals surface area contributed by atoms with Gasteiger partial charge in [0.05, 0.1) is 22.2 Å². The Morgan fingerprint density at radius 3 is 2.67 bits per heavy atom. The summed E-state index contributed by atoms with van der Waals surface area (Å²) in [6, 6.07) is 10.5. The summed E-state index contributed by atoms with van der Waals surface area (Å²) in [5, 5.41) is 7.58. The number of carbonyl (C=O) groups is 3. The van der Waals surface area contributed by atoms with Crippen molar-refractivity contribution in [2.24, 2.45) is 0 Å². The minimum Gasteiger partial charge on any atom is -0.352 e. The molecule has 2 aromatic rings. The highest BCUT2D eigenvalue weighted by Crippen LogP contribution is 2.20. The van der Waals surface area contributed by atoms with Crippen LogP contribution >= 0.6 is 11.3 Å². The van der Waals surface area contributed by atoms with Crippen molar-refractivity contribution in [3.63, 3.8) is 0 Å². The predicted octanol–water partition coefficient (Wildman–Crippen LogP) is 2.67. The third-order valence-corrected chi connectivity index (χ3v) is 6.03. The van der Waals surface area contributed by atoms with E-state index >= 15 is 0 Å². The molecule has 8 heteroatoms. The normalized spacial score (nSPS) is 16.3. The van der Waals surface area contributed by atoms with E-state index in [1.165, 1.54) is 11.3 Å². The molecule has 7 nitrogen and oxygen atoms in total. The topological polar surface area (TPSA) is 81.8 Å². The molecule has 1 aromatic heterocycles. The molecule has 30 heavy (non-hydrogen) atoms. The van der Waals surface area contributed by atoms with E-state index in [0.29, 0.717) is 22.7 Å². The van der Waals surface area contributed by atoms with Crippen molar-refractivity contribution in [3.05, 3.63) is 52.2 Å². The van der Waals surface area contributed by atoms with Crippen molar-refractivity contribution in [1.82, 2.24) is 15.1 Å². The Kier molecular flexibility index (Phi) is 7.59. The van der Waals surface area contributed by atoms with Crippen LogP contribution in [0, 0.1) is 0 Å². The monoisotopic (exact) mass is 428 g/mol. The summed E-state index contributed by atoms with van der Waals surface area (Å²) in [7, 11) is 3.57. The lowest BCUT2D eigenvalue weighted by atomic mass is 10.1. The van der Waals surface area contributed by atoms with Gasteiger partial charge in [0.1, 0.15) is 0 Å². The summed E-state index contributed by atoms with van der Waals surface area (Å²) in [5.41, 5.74) is 0.925. The SMILES string of the molecule is CN(C)C(=O)C1CCCN1CCCNC(=O)c1ccccc1NC(=O)c1cccs1. The molecule has 0 aliphatic carbocycles. The third kappa shape index (κ3) is 5.46. The third-order valence-electron chi connectivity index (χ3n) is 5.16. The van der Waals surface area contributed by atoms with Crippen molar-refractivity contribution in [2.45, 2.75) is 25.3 Å². The molecule has 3 amide bonds. The molecule has 2 heterocycles. The summed E-state index contributed by atoms with van der Waals surface area (Å²) in [6.45, 7) is 2.18. The van der Waals surface area contributed by atoms with Gasteiger partial charge < -0.3 is 15.5 Å². The number of para-hydroxylation sites is 1. The molecule has 1 aromatic carbocycles. The highest BCUT2D eigenvalue weighted by molar-refractivity contribution is 7.12. The molecule has 1 aliphatic rings. The van der Waals surface area contributed by atoms with Gasteiger partial charge in [-0.1, -0.05) is 18.2 Å². The number of likely N-dealkylation sites (N-methyl/N-ethyl adjacent to an activating group) is 1. The van der Waals surface area contributed by atoms with E-state index in [1.807, 2.05) is 11.4 Å². The van der Waals surface area contributed by atoms with Crippen LogP contribution < -0.4 is 10.6 Å². The van der Waals surface area contributed by atoms with E-state index < -0.39 is 0 Å². The first-order valence-electron chi connectivity index (χ1n) is 10.1. The van der Waals surface area contributed by atoms with Crippen molar-refractivity contribution >= 4 is 34.7 Å². The molecular weight excluding hydrogens is 400 g/mol. The number of thiophene rings is 1. The first kappa shape index (κ1) is 22.0. The lowest BCUT2D eigenvalue weighted by Crippen LogP contribution is -2.43. The fourth-order valence-electron chi connectivity index (χ4n) is 3.63. The molecule has 1 saturated heterocycles. The molecule has 3 rings (SSSR count). The van der Waals surface area contributed by atoms with Gasteiger partial charge in [-0.2, -0.15) is 0 Å². The van der Waals surface area contributed by atoms with Gasteiger partial charge in [0.15, 0.2) is 0 Å². The zero-order chi connectivity index (χ0) is 21.5. The Hall–Kier alpha value is -2.71.